The maximum Gasteiger partial charge on any atom is 0.276 e. The van der Waals surface area contributed by atoms with E-state index in [1.165, 1.54) is 30.5 Å². The maximum atomic E-state index is 12.5. The Kier molecular flexibility index (Phi) is 4.81. The summed E-state index contributed by atoms with van der Waals surface area (Å²) in [6, 6.07) is 13.9. The zero-order chi connectivity index (χ0) is 19.5. The zero-order valence-electron chi connectivity index (χ0n) is 14.8. The lowest BCUT2D eigenvalue weighted by molar-refractivity contribution is 0.102. The number of carbonyl (C=O) groups excluding carboxylic acids is 1. The SMILES string of the molecule is Cn1nc(C(=O)Nc2ccccc2Cc2nc(-c3cccs3)no2)ccc1=O. The minimum atomic E-state index is -0.409. The van der Waals surface area contributed by atoms with Gasteiger partial charge < -0.3 is 9.84 Å². The highest BCUT2D eigenvalue weighted by Crippen LogP contribution is 2.24. The van der Waals surface area contributed by atoms with Crippen LogP contribution in [0.2, 0.25) is 0 Å². The molecule has 3 heterocycles. The van der Waals surface area contributed by atoms with Crippen LogP contribution in [0.1, 0.15) is 21.9 Å². The molecule has 0 aliphatic carbocycles. The first-order chi connectivity index (χ1) is 13.6. The number of aryl methyl sites for hydroxylation is 1. The maximum absolute atomic E-state index is 12.5. The summed E-state index contributed by atoms with van der Waals surface area (Å²) in [5.74, 6) is 0.583. The summed E-state index contributed by atoms with van der Waals surface area (Å²) >= 11 is 1.53. The van der Waals surface area contributed by atoms with Gasteiger partial charge in [-0.05, 0) is 29.1 Å². The van der Waals surface area contributed by atoms with E-state index in [1.807, 2.05) is 35.7 Å². The first-order valence-electron chi connectivity index (χ1n) is 8.40. The van der Waals surface area contributed by atoms with Gasteiger partial charge in [0.1, 0.15) is 5.69 Å². The van der Waals surface area contributed by atoms with Crippen molar-refractivity contribution < 1.29 is 9.32 Å². The van der Waals surface area contributed by atoms with Gasteiger partial charge in [-0.2, -0.15) is 10.1 Å². The lowest BCUT2D eigenvalue weighted by atomic mass is 10.1. The van der Waals surface area contributed by atoms with E-state index in [1.54, 1.807) is 6.07 Å². The Balaban J connectivity index is 1.54. The summed E-state index contributed by atoms with van der Waals surface area (Å²) < 4.78 is 6.46. The Labute approximate surface area is 163 Å². The van der Waals surface area contributed by atoms with Crippen LogP contribution in [-0.2, 0) is 13.5 Å². The van der Waals surface area contributed by atoms with Gasteiger partial charge in [0.05, 0.1) is 11.3 Å². The van der Waals surface area contributed by atoms with E-state index in [0.717, 1.165) is 15.1 Å². The van der Waals surface area contributed by atoms with Crippen LogP contribution in [0.5, 0.6) is 0 Å². The molecule has 140 valence electrons. The number of nitrogens with one attached hydrogen (secondary N) is 1. The lowest BCUT2D eigenvalue weighted by Gasteiger charge is -2.09. The molecule has 3 aromatic heterocycles. The van der Waals surface area contributed by atoms with Gasteiger partial charge in [-0.3, -0.25) is 9.59 Å². The predicted molar refractivity (Wildman–Crippen MR) is 104 cm³/mol. The largest absolute Gasteiger partial charge is 0.339 e. The highest BCUT2D eigenvalue weighted by molar-refractivity contribution is 7.13. The number of thiophene rings is 1. The molecule has 0 aliphatic heterocycles. The fourth-order valence-corrected chi connectivity index (χ4v) is 3.25. The molecule has 0 spiro atoms. The van der Waals surface area contributed by atoms with Crippen LogP contribution in [0.25, 0.3) is 10.7 Å². The predicted octanol–water partition coefficient (Wildman–Crippen LogP) is 2.73. The quantitative estimate of drug-likeness (QED) is 0.559. The second-order valence-electron chi connectivity index (χ2n) is 5.96. The minimum Gasteiger partial charge on any atom is -0.339 e. The van der Waals surface area contributed by atoms with E-state index < -0.39 is 5.91 Å². The van der Waals surface area contributed by atoms with E-state index in [2.05, 4.69) is 20.6 Å². The van der Waals surface area contributed by atoms with E-state index in [9.17, 15) is 9.59 Å². The van der Waals surface area contributed by atoms with Crippen molar-refractivity contribution in [2.24, 2.45) is 7.05 Å². The van der Waals surface area contributed by atoms with Gasteiger partial charge in [-0.15, -0.1) is 11.3 Å². The van der Waals surface area contributed by atoms with Crippen molar-refractivity contribution in [3.63, 3.8) is 0 Å². The minimum absolute atomic E-state index is 0.148. The molecule has 4 rings (SSSR count). The molecule has 9 heteroatoms. The Morgan fingerprint density at radius 2 is 2.04 bits per heavy atom. The topological polar surface area (TPSA) is 103 Å². The van der Waals surface area contributed by atoms with Crippen LogP contribution in [-0.4, -0.2) is 25.8 Å². The van der Waals surface area contributed by atoms with E-state index in [-0.39, 0.29) is 11.3 Å². The lowest BCUT2D eigenvalue weighted by Crippen LogP contribution is -2.23. The number of hydrogen-bond acceptors (Lipinski definition) is 7. The summed E-state index contributed by atoms with van der Waals surface area (Å²) in [5.41, 5.74) is 1.30. The molecule has 0 saturated heterocycles. The average Bonchev–Trinajstić information content (AvgIpc) is 3.37. The van der Waals surface area contributed by atoms with Crippen molar-refractivity contribution in [1.82, 2.24) is 19.9 Å². The molecule has 28 heavy (non-hydrogen) atoms. The van der Waals surface area contributed by atoms with Crippen LogP contribution >= 0.6 is 11.3 Å². The smallest absolute Gasteiger partial charge is 0.276 e. The standard InChI is InChI=1S/C19H15N5O3S/c1-24-17(25)9-8-14(22-24)19(26)20-13-6-3-2-5-12(13)11-16-21-18(23-27-16)15-7-4-10-28-15/h2-10H,11H2,1H3,(H,20,26). The van der Waals surface area contributed by atoms with Crippen molar-refractivity contribution in [2.45, 2.75) is 6.42 Å². The number of rotatable bonds is 5. The number of amides is 1. The van der Waals surface area contributed by atoms with Crippen LogP contribution in [0.4, 0.5) is 5.69 Å². The van der Waals surface area contributed by atoms with Crippen molar-refractivity contribution >= 4 is 22.9 Å². The summed E-state index contributed by atoms with van der Waals surface area (Å²) in [5, 5.41) is 12.7. The summed E-state index contributed by atoms with van der Waals surface area (Å²) in [7, 11) is 1.49. The van der Waals surface area contributed by atoms with Crippen LogP contribution < -0.4 is 10.9 Å². The van der Waals surface area contributed by atoms with Gasteiger partial charge in [0, 0.05) is 18.8 Å². The number of hydrogen-bond donors (Lipinski definition) is 1. The van der Waals surface area contributed by atoms with Gasteiger partial charge in [0.2, 0.25) is 11.7 Å². The first-order valence-corrected chi connectivity index (χ1v) is 9.28. The number of para-hydroxylation sites is 1. The van der Waals surface area contributed by atoms with Crippen molar-refractivity contribution in [2.75, 3.05) is 5.32 Å². The van der Waals surface area contributed by atoms with Gasteiger partial charge in [0.25, 0.3) is 11.5 Å². The number of nitrogens with zero attached hydrogens (tertiary/aromatic N) is 4. The van der Waals surface area contributed by atoms with E-state index in [4.69, 9.17) is 4.52 Å². The third-order valence-corrected chi connectivity index (χ3v) is 4.88. The normalized spacial score (nSPS) is 10.8. The van der Waals surface area contributed by atoms with Gasteiger partial charge in [0.15, 0.2) is 0 Å². The molecule has 0 radical (unpaired) electrons. The number of anilines is 1. The summed E-state index contributed by atoms with van der Waals surface area (Å²) in [4.78, 5) is 29.3. The second kappa shape index (κ2) is 7.57. The van der Waals surface area contributed by atoms with Crippen LogP contribution in [0, 0.1) is 0 Å². The summed E-state index contributed by atoms with van der Waals surface area (Å²) in [6.07, 6.45) is 0.371. The van der Waals surface area contributed by atoms with Gasteiger partial charge in [-0.1, -0.05) is 29.4 Å². The zero-order valence-corrected chi connectivity index (χ0v) is 15.6. The molecule has 0 bridgehead atoms. The highest BCUT2D eigenvalue weighted by atomic mass is 32.1. The molecule has 4 aromatic rings. The third kappa shape index (κ3) is 3.74. The fourth-order valence-electron chi connectivity index (χ4n) is 2.60. The molecule has 0 aliphatic rings. The monoisotopic (exact) mass is 393 g/mol. The number of benzene rings is 1. The molecular formula is C19H15N5O3S. The number of carbonyl (C=O) groups is 1. The van der Waals surface area contributed by atoms with E-state index in [0.29, 0.717) is 23.8 Å². The molecular weight excluding hydrogens is 378 g/mol. The van der Waals surface area contributed by atoms with Gasteiger partial charge in [-0.25, -0.2) is 4.68 Å². The number of aromatic nitrogens is 4. The molecule has 8 nitrogen and oxygen atoms in total. The Morgan fingerprint density at radius 1 is 1.18 bits per heavy atom. The van der Waals surface area contributed by atoms with E-state index >= 15 is 0 Å². The second-order valence-corrected chi connectivity index (χ2v) is 6.91. The fraction of sp³-hybridized carbons (Fsp3) is 0.105. The van der Waals surface area contributed by atoms with Crippen LogP contribution in [0.15, 0.2) is 63.2 Å². The Morgan fingerprint density at radius 3 is 2.82 bits per heavy atom. The molecule has 0 saturated carbocycles. The van der Waals surface area contributed by atoms with Crippen molar-refractivity contribution in [3.05, 3.63) is 81.4 Å². The molecule has 0 fully saturated rings. The van der Waals surface area contributed by atoms with Crippen molar-refractivity contribution in [3.8, 4) is 10.7 Å². The molecule has 0 atom stereocenters. The first kappa shape index (κ1) is 17.8. The highest BCUT2D eigenvalue weighted by Gasteiger charge is 2.15. The molecule has 1 amide bonds. The molecule has 1 aromatic carbocycles. The third-order valence-electron chi connectivity index (χ3n) is 4.01. The molecule has 1 N–H and O–H groups in total. The van der Waals surface area contributed by atoms with Gasteiger partial charge >= 0.3 is 0 Å². The Hall–Kier alpha value is -3.59. The van der Waals surface area contributed by atoms with Crippen LogP contribution in [0.3, 0.4) is 0 Å². The average molecular weight is 393 g/mol. The van der Waals surface area contributed by atoms with Crippen molar-refractivity contribution in [1.29, 1.82) is 0 Å². The Bertz CT molecular complexity index is 1180. The summed E-state index contributed by atoms with van der Waals surface area (Å²) in [6.45, 7) is 0. The molecule has 0 unspecified atom stereocenters.